The Morgan fingerprint density at radius 3 is 2.44 bits per heavy atom. The van der Waals surface area contributed by atoms with Crippen molar-refractivity contribution in [3.8, 4) is 0 Å². The Hall–Kier alpha value is -0.630. The zero-order valence-electron chi connectivity index (χ0n) is 13.7. The normalized spacial score (nSPS) is 17.0. The maximum atomic E-state index is 12.5. The molecule has 1 fully saturated rings. The molecule has 0 saturated carbocycles. The third kappa shape index (κ3) is 5.18. The summed E-state index contributed by atoms with van der Waals surface area (Å²) in [5, 5.41) is 2.70. The van der Waals surface area contributed by atoms with E-state index in [0.717, 1.165) is 32.7 Å². The molecule has 1 saturated heterocycles. The van der Waals surface area contributed by atoms with E-state index in [1.54, 1.807) is 17.4 Å². The molecule has 1 aromatic heterocycles. The first-order valence-electron chi connectivity index (χ1n) is 8.09. The van der Waals surface area contributed by atoms with Crippen LogP contribution in [0.3, 0.4) is 0 Å². The zero-order chi connectivity index (χ0) is 17.9. The summed E-state index contributed by atoms with van der Waals surface area (Å²) < 4.78 is 25.1. The number of nitrogens with zero attached hydrogens (tertiary/aromatic N) is 2. The molecule has 4 nitrogen and oxygen atoms in total. The first-order valence-corrected chi connectivity index (χ1v) is 11.4. The average Bonchev–Trinajstić information content (AvgIpc) is 3.09. The molecule has 136 valence electrons. The number of piperazine rings is 1. The maximum Gasteiger partial charge on any atom is 0.181 e. The van der Waals surface area contributed by atoms with Crippen molar-refractivity contribution in [2.45, 2.75) is 11.4 Å². The Morgan fingerprint density at radius 1 is 1.04 bits per heavy atom. The molecule has 1 aromatic carbocycles. The summed E-state index contributed by atoms with van der Waals surface area (Å²) in [5.41, 5.74) is 0. The van der Waals surface area contributed by atoms with Crippen LogP contribution in [0.4, 0.5) is 0 Å². The van der Waals surface area contributed by atoms with Crippen molar-refractivity contribution in [1.29, 1.82) is 0 Å². The van der Waals surface area contributed by atoms with Crippen LogP contribution in [0.2, 0.25) is 10.0 Å². The lowest BCUT2D eigenvalue weighted by molar-refractivity contribution is 0.133. The van der Waals surface area contributed by atoms with Crippen LogP contribution in [0.1, 0.15) is 4.88 Å². The molecule has 0 amide bonds. The minimum atomic E-state index is -3.44. The lowest BCUT2D eigenvalue weighted by atomic mass is 10.3. The van der Waals surface area contributed by atoms with Gasteiger partial charge in [0.2, 0.25) is 0 Å². The van der Waals surface area contributed by atoms with Gasteiger partial charge in [0, 0.05) is 49.2 Å². The minimum absolute atomic E-state index is 0.0536. The molecule has 2 aromatic rings. The minimum Gasteiger partial charge on any atom is -0.300 e. The van der Waals surface area contributed by atoms with E-state index in [0.29, 0.717) is 11.6 Å². The van der Waals surface area contributed by atoms with Gasteiger partial charge in [0.05, 0.1) is 15.7 Å². The van der Waals surface area contributed by atoms with E-state index in [1.165, 1.54) is 17.0 Å². The van der Waals surface area contributed by atoms with Crippen LogP contribution in [-0.4, -0.2) is 56.7 Å². The monoisotopic (exact) mass is 418 g/mol. The quantitative estimate of drug-likeness (QED) is 0.717. The first kappa shape index (κ1) is 19.1. The third-order valence-electron chi connectivity index (χ3n) is 4.33. The largest absolute Gasteiger partial charge is 0.300 e. The number of benzene rings is 1. The summed E-state index contributed by atoms with van der Waals surface area (Å²) in [6, 6.07) is 8.77. The number of halogens is 2. The molecule has 0 bridgehead atoms. The van der Waals surface area contributed by atoms with E-state index in [-0.39, 0.29) is 15.7 Å². The van der Waals surface area contributed by atoms with Crippen LogP contribution in [-0.2, 0) is 16.4 Å². The Kier molecular flexibility index (Phi) is 6.41. The number of rotatable bonds is 6. The van der Waals surface area contributed by atoms with Crippen molar-refractivity contribution >= 4 is 44.4 Å². The fourth-order valence-electron chi connectivity index (χ4n) is 2.87. The van der Waals surface area contributed by atoms with Crippen LogP contribution in [0.25, 0.3) is 0 Å². The van der Waals surface area contributed by atoms with Gasteiger partial charge in [-0.05, 0) is 29.6 Å². The van der Waals surface area contributed by atoms with Gasteiger partial charge in [0.1, 0.15) is 0 Å². The van der Waals surface area contributed by atoms with E-state index in [1.807, 2.05) is 0 Å². The molecule has 0 unspecified atom stereocenters. The summed E-state index contributed by atoms with van der Waals surface area (Å²) in [5.74, 6) is 0.0536. The van der Waals surface area contributed by atoms with Gasteiger partial charge in [-0.25, -0.2) is 8.42 Å². The molecule has 3 rings (SSSR count). The second-order valence-corrected chi connectivity index (χ2v) is 10.0. The molecule has 0 atom stereocenters. The van der Waals surface area contributed by atoms with Gasteiger partial charge >= 0.3 is 0 Å². The predicted molar refractivity (Wildman–Crippen MR) is 105 cm³/mol. The average molecular weight is 419 g/mol. The fraction of sp³-hybridized carbons (Fsp3) is 0.412. The molecule has 1 aliphatic rings. The number of hydrogen-bond acceptors (Lipinski definition) is 5. The van der Waals surface area contributed by atoms with Crippen LogP contribution in [0.15, 0.2) is 40.6 Å². The van der Waals surface area contributed by atoms with Gasteiger partial charge < -0.3 is 0 Å². The molecule has 25 heavy (non-hydrogen) atoms. The van der Waals surface area contributed by atoms with E-state index in [9.17, 15) is 8.42 Å². The van der Waals surface area contributed by atoms with Crippen LogP contribution >= 0.6 is 34.5 Å². The van der Waals surface area contributed by atoms with Gasteiger partial charge in [0.15, 0.2) is 9.84 Å². The van der Waals surface area contributed by atoms with Gasteiger partial charge in [0.25, 0.3) is 0 Å². The number of hydrogen-bond donors (Lipinski definition) is 0. The fourth-order valence-corrected chi connectivity index (χ4v) is 5.71. The summed E-state index contributed by atoms with van der Waals surface area (Å²) in [4.78, 5) is 6.09. The van der Waals surface area contributed by atoms with E-state index >= 15 is 0 Å². The standard InChI is InChI=1S/C17H20Cl2N2O2S2/c18-14-3-4-16(19)17(12-14)25(22,23)11-9-20-5-7-21(8-6-20)13-15-2-1-10-24-15/h1-4,10,12H,5-9,11,13H2. The highest BCUT2D eigenvalue weighted by Crippen LogP contribution is 2.26. The van der Waals surface area contributed by atoms with E-state index < -0.39 is 9.84 Å². The molecule has 8 heteroatoms. The molecule has 0 N–H and O–H groups in total. The Balaban J connectivity index is 1.51. The zero-order valence-corrected chi connectivity index (χ0v) is 16.8. The summed E-state index contributed by atoms with van der Waals surface area (Å²) in [6.45, 7) is 5.15. The SMILES string of the molecule is O=S(=O)(CCN1CCN(Cc2cccs2)CC1)c1cc(Cl)ccc1Cl. The van der Waals surface area contributed by atoms with Crippen molar-refractivity contribution < 1.29 is 8.42 Å². The second kappa shape index (κ2) is 8.37. The third-order valence-corrected chi connectivity index (χ3v) is 7.59. The molecule has 2 heterocycles. The predicted octanol–water partition coefficient (Wildman–Crippen LogP) is 3.65. The van der Waals surface area contributed by atoms with Crippen molar-refractivity contribution in [2.75, 3.05) is 38.5 Å². The van der Waals surface area contributed by atoms with Gasteiger partial charge in [-0.1, -0.05) is 29.3 Å². The van der Waals surface area contributed by atoms with Crippen molar-refractivity contribution in [2.24, 2.45) is 0 Å². The summed E-state index contributed by atoms with van der Waals surface area (Å²) >= 11 is 13.7. The summed E-state index contributed by atoms with van der Waals surface area (Å²) in [6.07, 6.45) is 0. The highest BCUT2D eigenvalue weighted by atomic mass is 35.5. The molecular weight excluding hydrogens is 399 g/mol. The highest BCUT2D eigenvalue weighted by molar-refractivity contribution is 7.91. The maximum absolute atomic E-state index is 12.5. The van der Waals surface area contributed by atoms with Crippen molar-refractivity contribution in [1.82, 2.24) is 9.80 Å². The summed E-state index contributed by atoms with van der Waals surface area (Å²) in [7, 11) is -3.44. The van der Waals surface area contributed by atoms with Crippen LogP contribution in [0.5, 0.6) is 0 Å². The van der Waals surface area contributed by atoms with Crippen LogP contribution < -0.4 is 0 Å². The second-order valence-electron chi connectivity index (χ2n) is 6.09. The smallest absolute Gasteiger partial charge is 0.181 e. The number of sulfone groups is 1. The topological polar surface area (TPSA) is 40.6 Å². The van der Waals surface area contributed by atoms with Gasteiger partial charge in [-0.15, -0.1) is 11.3 Å². The Bertz CT molecular complexity index is 802. The Morgan fingerprint density at radius 2 is 1.76 bits per heavy atom. The molecular formula is C17H20Cl2N2O2S2. The lowest BCUT2D eigenvalue weighted by Gasteiger charge is -2.34. The Labute approximate surface area is 162 Å². The molecule has 0 aliphatic carbocycles. The van der Waals surface area contributed by atoms with Gasteiger partial charge in [-0.2, -0.15) is 0 Å². The highest BCUT2D eigenvalue weighted by Gasteiger charge is 2.22. The molecule has 0 spiro atoms. The molecule has 1 aliphatic heterocycles. The van der Waals surface area contributed by atoms with Crippen LogP contribution in [0, 0.1) is 0 Å². The molecule has 0 radical (unpaired) electrons. The van der Waals surface area contributed by atoms with Crippen molar-refractivity contribution in [3.05, 3.63) is 50.6 Å². The lowest BCUT2D eigenvalue weighted by Crippen LogP contribution is -2.47. The van der Waals surface area contributed by atoms with E-state index in [4.69, 9.17) is 23.2 Å². The first-order chi connectivity index (χ1) is 11.9. The van der Waals surface area contributed by atoms with Crippen molar-refractivity contribution in [3.63, 3.8) is 0 Å². The number of thiophene rings is 1. The van der Waals surface area contributed by atoms with Gasteiger partial charge in [-0.3, -0.25) is 9.80 Å². The van der Waals surface area contributed by atoms with E-state index in [2.05, 4.69) is 27.3 Å².